The smallest absolute Gasteiger partial charge is 0.261 e. The number of hydrogen-bond donors (Lipinski definition) is 2. The van der Waals surface area contributed by atoms with E-state index in [2.05, 4.69) is 16.7 Å². The van der Waals surface area contributed by atoms with E-state index in [-0.39, 0.29) is 5.91 Å². The lowest BCUT2D eigenvalue weighted by atomic mass is 10.2. The van der Waals surface area contributed by atoms with Crippen molar-refractivity contribution >= 4 is 29.0 Å². The third kappa shape index (κ3) is 3.74. The maximum absolute atomic E-state index is 12.0. The first kappa shape index (κ1) is 13.5. The summed E-state index contributed by atoms with van der Waals surface area (Å²) in [5.74, 6) is 2.38. The van der Waals surface area contributed by atoms with Crippen molar-refractivity contribution in [1.29, 1.82) is 0 Å². The van der Waals surface area contributed by atoms with Crippen molar-refractivity contribution in [3.8, 4) is 0 Å². The fourth-order valence-electron chi connectivity index (χ4n) is 2.23. The molecule has 1 aromatic rings. The minimum atomic E-state index is 0.107. The normalized spacial score (nSPS) is 18.1. The second-order valence-corrected chi connectivity index (χ2v) is 7.44. The summed E-state index contributed by atoms with van der Waals surface area (Å²) in [4.78, 5) is 14.4. The van der Waals surface area contributed by atoms with Gasteiger partial charge in [0.05, 0.1) is 4.88 Å². The third-order valence-corrected chi connectivity index (χ3v) is 5.74. The van der Waals surface area contributed by atoms with Crippen LogP contribution in [0.2, 0.25) is 0 Å². The molecule has 104 valence electrons. The van der Waals surface area contributed by atoms with Gasteiger partial charge in [0.1, 0.15) is 0 Å². The molecule has 2 heterocycles. The van der Waals surface area contributed by atoms with E-state index in [1.807, 2.05) is 11.8 Å². The van der Waals surface area contributed by atoms with Crippen molar-refractivity contribution < 1.29 is 4.79 Å². The van der Waals surface area contributed by atoms with E-state index in [4.69, 9.17) is 0 Å². The highest BCUT2D eigenvalue weighted by Gasteiger charge is 2.20. The van der Waals surface area contributed by atoms with E-state index in [0.29, 0.717) is 0 Å². The Kier molecular flexibility index (Phi) is 4.45. The first-order chi connectivity index (χ1) is 9.33. The monoisotopic (exact) mass is 296 g/mol. The van der Waals surface area contributed by atoms with Gasteiger partial charge in [0.15, 0.2) is 0 Å². The predicted octanol–water partition coefficient (Wildman–Crippen LogP) is 2.41. The van der Waals surface area contributed by atoms with E-state index in [0.717, 1.165) is 42.6 Å². The molecular formula is C14H20N2OS2. The largest absolute Gasteiger partial charge is 0.351 e. The van der Waals surface area contributed by atoms with Gasteiger partial charge in [-0.05, 0) is 49.6 Å². The molecule has 0 aromatic carbocycles. The highest BCUT2D eigenvalue weighted by Crippen LogP contribution is 2.31. The Morgan fingerprint density at radius 3 is 3.05 bits per heavy atom. The molecule has 3 rings (SSSR count). The second kappa shape index (κ2) is 6.29. The number of carbonyl (C=O) groups excluding carboxylic acids is 1. The molecule has 5 heteroatoms. The summed E-state index contributed by atoms with van der Waals surface area (Å²) in [6.45, 7) is 1.79. The number of rotatable bonds is 6. The van der Waals surface area contributed by atoms with Gasteiger partial charge in [-0.2, -0.15) is 11.8 Å². The molecule has 1 aliphatic carbocycles. The molecule has 0 radical (unpaired) electrons. The molecule has 19 heavy (non-hydrogen) atoms. The average Bonchev–Trinajstić information content (AvgIpc) is 3.14. The van der Waals surface area contributed by atoms with Crippen LogP contribution in [-0.4, -0.2) is 30.8 Å². The van der Waals surface area contributed by atoms with Crippen molar-refractivity contribution in [3.05, 3.63) is 21.4 Å². The number of fused-ring (bicyclic) bond motifs is 1. The quantitative estimate of drug-likeness (QED) is 0.792. The van der Waals surface area contributed by atoms with Crippen LogP contribution in [0.5, 0.6) is 0 Å². The van der Waals surface area contributed by atoms with E-state index in [1.54, 1.807) is 11.3 Å². The van der Waals surface area contributed by atoms with Crippen LogP contribution in [0.4, 0.5) is 0 Å². The molecule has 3 nitrogen and oxygen atoms in total. The molecular weight excluding hydrogens is 276 g/mol. The van der Waals surface area contributed by atoms with Gasteiger partial charge in [-0.15, -0.1) is 11.3 Å². The van der Waals surface area contributed by atoms with Crippen LogP contribution in [-0.2, 0) is 12.2 Å². The maximum Gasteiger partial charge on any atom is 0.261 e. The SMILES string of the molecule is O=C(NCCCNC1CC1)c1cc2c(s1)CCSC2. The Labute approximate surface area is 122 Å². The van der Waals surface area contributed by atoms with Crippen molar-refractivity contribution in [2.45, 2.75) is 37.5 Å². The molecule has 1 aliphatic heterocycles. The van der Waals surface area contributed by atoms with Crippen LogP contribution >= 0.6 is 23.1 Å². The predicted molar refractivity (Wildman–Crippen MR) is 82.2 cm³/mol. The van der Waals surface area contributed by atoms with E-state index >= 15 is 0 Å². The summed E-state index contributed by atoms with van der Waals surface area (Å²) in [5, 5.41) is 6.49. The summed E-state index contributed by atoms with van der Waals surface area (Å²) in [7, 11) is 0. The van der Waals surface area contributed by atoms with Gasteiger partial charge in [-0.3, -0.25) is 4.79 Å². The summed E-state index contributed by atoms with van der Waals surface area (Å²) < 4.78 is 0. The molecule has 1 fully saturated rings. The minimum Gasteiger partial charge on any atom is -0.351 e. The lowest BCUT2D eigenvalue weighted by Gasteiger charge is -2.08. The highest BCUT2D eigenvalue weighted by molar-refractivity contribution is 7.98. The van der Waals surface area contributed by atoms with Crippen molar-refractivity contribution in [3.63, 3.8) is 0 Å². The Bertz CT molecular complexity index is 431. The zero-order chi connectivity index (χ0) is 13.1. The van der Waals surface area contributed by atoms with Crippen molar-refractivity contribution in [1.82, 2.24) is 10.6 Å². The minimum absolute atomic E-state index is 0.107. The second-order valence-electron chi connectivity index (χ2n) is 5.20. The maximum atomic E-state index is 12.0. The van der Waals surface area contributed by atoms with Gasteiger partial charge < -0.3 is 10.6 Å². The molecule has 2 N–H and O–H groups in total. The molecule has 0 unspecified atom stereocenters. The van der Waals surface area contributed by atoms with Crippen LogP contribution in [0, 0.1) is 0 Å². The number of amides is 1. The Balaban J connectivity index is 1.42. The number of thiophene rings is 1. The van der Waals surface area contributed by atoms with Crippen LogP contribution < -0.4 is 10.6 Å². The number of carbonyl (C=O) groups is 1. The number of thioether (sulfide) groups is 1. The molecule has 1 aromatic heterocycles. The van der Waals surface area contributed by atoms with E-state index < -0.39 is 0 Å². The first-order valence-corrected chi connectivity index (χ1v) is 9.01. The van der Waals surface area contributed by atoms with Crippen molar-refractivity contribution in [2.75, 3.05) is 18.8 Å². The van der Waals surface area contributed by atoms with E-state index in [9.17, 15) is 4.79 Å². The highest BCUT2D eigenvalue weighted by atomic mass is 32.2. The van der Waals surface area contributed by atoms with Gasteiger partial charge in [0, 0.05) is 23.2 Å². The Morgan fingerprint density at radius 2 is 2.26 bits per heavy atom. The third-order valence-electron chi connectivity index (χ3n) is 3.50. The molecule has 0 spiro atoms. The van der Waals surface area contributed by atoms with Crippen LogP contribution in [0.15, 0.2) is 6.07 Å². The number of aryl methyl sites for hydroxylation is 1. The molecule has 0 bridgehead atoms. The zero-order valence-corrected chi connectivity index (χ0v) is 12.7. The fraction of sp³-hybridized carbons (Fsp3) is 0.643. The van der Waals surface area contributed by atoms with Crippen molar-refractivity contribution in [2.24, 2.45) is 0 Å². The summed E-state index contributed by atoms with van der Waals surface area (Å²) in [5.41, 5.74) is 1.38. The molecule has 1 amide bonds. The van der Waals surface area contributed by atoms with Gasteiger partial charge >= 0.3 is 0 Å². The Hall–Kier alpha value is -0.520. The lowest BCUT2D eigenvalue weighted by molar-refractivity contribution is 0.0957. The number of nitrogens with one attached hydrogen (secondary N) is 2. The molecule has 0 saturated heterocycles. The number of hydrogen-bond acceptors (Lipinski definition) is 4. The average molecular weight is 296 g/mol. The van der Waals surface area contributed by atoms with Gasteiger partial charge in [-0.1, -0.05) is 0 Å². The topological polar surface area (TPSA) is 41.1 Å². The summed E-state index contributed by atoms with van der Waals surface area (Å²) in [6.07, 6.45) is 4.79. The fourth-order valence-corrected chi connectivity index (χ4v) is 4.52. The van der Waals surface area contributed by atoms with Crippen LogP contribution in [0.1, 0.15) is 39.4 Å². The lowest BCUT2D eigenvalue weighted by Crippen LogP contribution is -2.27. The van der Waals surface area contributed by atoms with Gasteiger partial charge in [0.2, 0.25) is 0 Å². The Morgan fingerprint density at radius 1 is 1.37 bits per heavy atom. The molecule has 2 aliphatic rings. The molecule has 1 saturated carbocycles. The summed E-state index contributed by atoms with van der Waals surface area (Å²) in [6, 6.07) is 2.85. The standard InChI is InChI=1S/C14H20N2OS2/c17-14(16-6-1-5-15-11-2-3-11)13-8-10-9-18-7-4-12(10)19-13/h8,11,15H,1-7,9H2,(H,16,17). The first-order valence-electron chi connectivity index (χ1n) is 7.04. The van der Waals surface area contributed by atoms with Gasteiger partial charge in [0.25, 0.3) is 5.91 Å². The van der Waals surface area contributed by atoms with Crippen LogP contribution in [0.25, 0.3) is 0 Å². The molecule has 0 atom stereocenters. The van der Waals surface area contributed by atoms with Crippen LogP contribution in [0.3, 0.4) is 0 Å². The zero-order valence-electron chi connectivity index (χ0n) is 11.0. The van der Waals surface area contributed by atoms with E-state index in [1.165, 1.54) is 29.0 Å². The van der Waals surface area contributed by atoms with Gasteiger partial charge in [-0.25, -0.2) is 0 Å². The summed E-state index contributed by atoms with van der Waals surface area (Å²) >= 11 is 3.64.